The second kappa shape index (κ2) is 9.28. The molecule has 3 nitrogen and oxygen atoms in total. The Morgan fingerprint density at radius 1 is 0.840 bits per heavy atom. The molecule has 2 saturated carbocycles. The van der Waals surface area contributed by atoms with Crippen molar-refractivity contribution in [1.29, 1.82) is 0 Å². The number of carbonyl (C=O) groups is 1. The predicted molar refractivity (Wildman–Crippen MR) is 104 cm³/mol. The second-order valence-electron chi connectivity index (χ2n) is 7.39. The van der Waals surface area contributed by atoms with Crippen molar-refractivity contribution in [2.45, 2.75) is 76.3 Å². The predicted octanol–water partition coefficient (Wildman–Crippen LogP) is 5.21. The molecule has 136 valence electrons. The number of halogens is 1. The van der Waals surface area contributed by atoms with Crippen molar-refractivity contribution in [3.8, 4) is 0 Å². The van der Waals surface area contributed by atoms with Gasteiger partial charge in [-0.1, -0.05) is 50.1 Å². The smallest absolute Gasteiger partial charge is 0.189 e. The van der Waals surface area contributed by atoms with Gasteiger partial charge in [0, 0.05) is 28.7 Å². The number of ketones is 1. The average Bonchev–Trinajstić information content (AvgIpc) is 2.64. The summed E-state index contributed by atoms with van der Waals surface area (Å²) in [7, 11) is 0. The highest BCUT2D eigenvalue weighted by Gasteiger charge is 2.18. The largest absolute Gasteiger partial charge is 0.369 e. The maximum absolute atomic E-state index is 12.7. The SMILES string of the molecule is O=C(C=C(NC1CCCCC1)NC1CCCCC1)c1ccc(Cl)cc1. The summed E-state index contributed by atoms with van der Waals surface area (Å²) < 4.78 is 0. The number of rotatable bonds is 6. The zero-order chi connectivity index (χ0) is 17.5. The molecule has 25 heavy (non-hydrogen) atoms. The van der Waals surface area contributed by atoms with Gasteiger partial charge in [-0.3, -0.25) is 4.79 Å². The molecule has 2 N–H and O–H groups in total. The summed E-state index contributed by atoms with van der Waals surface area (Å²) in [5.74, 6) is 0.928. The topological polar surface area (TPSA) is 41.1 Å². The van der Waals surface area contributed by atoms with Crippen LogP contribution in [0.1, 0.15) is 74.6 Å². The van der Waals surface area contributed by atoms with Gasteiger partial charge >= 0.3 is 0 Å². The Kier molecular flexibility index (Phi) is 6.80. The molecule has 1 aromatic rings. The normalized spacial score (nSPS) is 19.2. The third-order valence-electron chi connectivity index (χ3n) is 5.33. The number of carbonyl (C=O) groups excluding carboxylic acids is 1. The fraction of sp³-hybridized carbons (Fsp3) is 0.571. The van der Waals surface area contributed by atoms with E-state index in [4.69, 9.17) is 11.6 Å². The average molecular weight is 361 g/mol. The van der Waals surface area contributed by atoms with E-state index in [2.05, 4.69) is 10.6 Å². The Labute approximate surface area is 156 Å². The summed E-state index contributed by atoms with van der Waals surface area (Å²) in [4.78, 5) is 12.7. The minimum absolute atomic E-state index is 0.0262. The highest BCUT2D eigenvalue weighted by Crippen LogP contribution is 2.21. The second-order valence-corrected chi connectivity index (χ2v) is 7.82. The molecule has 0 unspecified atom stereocenters. The Hall–Kier alpha value is -1.48. The van der Waals surface area contributed by atoms with Gasteiger partial charge in [-0.05, 0) is 49.9 Å². The standard InChI is InChI=1S/C21H29ClN2O/c22-17-13-11-16(12-14-17)20(25)15-21(23-18-7-3-1-4-8-18)24-19-9-5-2-6-10-19/h11-15,18-19,23-24H,1-10H2. The molecular formula is C21H29ClN2O. The Bertz CT molecular complexity index is 562. The zero-order valence-corrected chi connectivity index (χ0v) is 15.7. The number of allylic oxidation sites excluding steroid dienone is 1. The van der Waals surface area contributed by atoms with Gasteiger partial charge in [-0.25, -0.2) is 0 Å². The van der Waals surface area contributed by atoms with Crippen LogP contribution in [-0.2, 0) is 0 Å². The Morgan fingerprint density at radius 3 is 1.80 bits per heavy atom. The van der Waals surface area contributed by atoms with Crippen LogP contribution in [-0.4, -0.2) is 17.9 Å². The first-order valence-corrected chi connectivity index (χ1v) is 10.1. The summed E-state index contributed by atoms with van der Waals surface area (Å²) >= 11 is 5.93. The minimum Gasteiger partial charge on any atom is -0.369 e. The molecule has 0 heterocycles. The van der Waals surface area contributed by atoms with E-state index in [1.54, 1.807) is 30.3 Å². The van der Waals surface area contributed by atoms with E-state index in [0.29, 0.717) is 22.7 Å². The minimum atomic E-state index is 0.0262. The Balaban J connectivity index is 1.70. The van der Waals surface area contributed by atoms with E-state index < -0.39 is 0 Å². The first-order chi connectivity index (χ1) is 12.2. The van der Waals surface area contributed by atoms with E-state index >= 15 is 0 Å². The molecule has 0 atom stereocenters. The van der Waals surface area contributed by atoms with Crippen molar-refractivity contribution >= 4 is 17.4 Å². The summed E-state index contributed by atoms with van der Waals surface area (Å²) in [6.07, 6.45) is 14.3. The lowest BCUT2D eigenvalue weighted by molar-refractivity contribution is 0.104. The molecule has 0 spiro atoms. The molecule has 0 radical (unpaired) electrons. The van der Waals surface area contributed by atoms with Crippen LogP contribution in [0.5, 0.6) is 0 Å². The summed E-state index contributed by atoms with van der Waals surface area (Å²) in [5, 5.41) is 7.89. The van der Waals surface area contributed by atoms with Crippen LogP contribution in [0.2, 0.25) is 5.02 Å². The fourth-order valence-corrected chi connectivity index (χ4v) is 4.01. The monoisotopic (exact) mass is 360 g/mol. The summed E-state index contributed by atoms with van der Waals surface area (Å²) in [6, 6.07) is 8.08. The van der Waals surface area contributed by atoms with Crippen LogP contribution >= 0.6 is 11.6 Å². The molecule has 0 aliphatic heterocycles. The molecule has 0 saturated heterocycles. The Morgan fingerprint density at radius 2 is 1.32 bits per heavy atom. The van der Waals surface area contributed by atoms with Crippen LogP contribution in [0.25, 0.3) is 0 Å². The van der Waals surface area contributed by atoms with Gasteiger partial charge in [-0.2, -0.15) is 0 Å². The highest BCUT2D eigenvalue weighted by molar-refractivity contribution is 6.30. The van der Waals surface area contributed by atoms with E-state index in [1.807, 2.05) is 0 Å². The number of hydrogen-bond acceptors (Lipinski definition) is 3. The van der Waals surface area contributed by atoms with E-state index in [9.17, 15) is 4.79 Å². The summed E-state index contributed by atoms with van der Waals surface area (Å²) in [5.41, 5.74) is 0.679. The lowest BCUT2D eigenvalue weighted by Crippen LogP contribution is -2.41. The molecule has 0 aromatic heterocycles. The molecule has 4 heteroatoms. The molecule has 2 aliphatic rings. The summed E-state index contributed by atoms with van der Waals surface area (Å²) in [6.45, 7) is 0. The van der Waals surface area contributed by atoms with Crippen LogP contribution in [0.15, 0.2) is 36.2 Å². The van der Waals surface area contributed by atoms with Crippen molar-refractivity contribution in [1.82, 2.24) is 10.6 Å². The van der Waals surface area contributed by atoms with Crippen molar-refractivity contribution < 1.29 is 4.79 Å². The van der Waals surface area contributed by atoms with Crippen molar-refractivity contribution in [3.05, 3.63) is 46.7 Å². The first-order valence-electron chi connectivity index (χ1n) is 9.75. The van der Waals surface area contributed by atoms with Gasteiger partial charge < -0.3 is 10.6 Å². The van der Waals surface area contributed by atoms with Gasteiger partial charge in [0.1, 0.15) is 5.82 Å². The van der Waals surface area contributed by atoms with Gasteiger partial charge in [-0.15, -0.1) is 0 Å². The quantitative estimate of drug-likeness (QED) is 0.540. The van der Waals surface area contributed by atoms with Crippen LogP contribution in [0.3, 0.4) is 0 Å². The molecule has 0 amide bonds. The van der Waals surface area contributed by atoms with Gasteiger partial charge in [0.2, 0.25) is 0 Å². The lowest BCUT2D eigenvalue weighted by atomic mass is 9.94. The molecular weight excluding hydrogens is 332 g/mol. The van der Waals surface area contributed by atoms with E-state index in [0.717, 1.165) is 5.82 Å². The molecule has 3 rings (SSSR count). The molecule has 2 aliphatic carbocycles. The van der Waals surface area contributed by atoms with Gasteiger partial charge in [0.05, 0.1) is 0 Å². The van der Waals surface area contributed by atoms with Crippen LogP contribution in [0, 0.1) is 0 Å². The lowest BCUT2D eigenvalue weighted by Gasteiger charge is -2.30. The van der Waals surface area contributed by atoms with Gasteiger partial charge in [0.25, 0.3) is 0 Å². The molecule has 1 aromatic carbocycles. The number of benzene rings is 1. The fourth-order valence-electron chi connectivity index (χ4n) is 3.89. The highest BCUT2D eigenvalue weighted by atomic mass is 35.5. The number of hydrogen-bond donors (Lipinski definition) is 2. The van der Waals surface area contributed by atoms with Crippen molar-refractivity contribution in [2.24, 2.45) is 0 Å². The maximum Gasteiger partial charge on any atom is 0.189 e. The molecule has 2 fully saturated rings. The van der Waals surface area contributed by atoms with E-state index in [1.165, 1.54) is 64.2 Å². The van der Waals surface area contributed by atoms with Gasteiger partial charge in [0.15, 0.2) is 5.78 Å². The van der Waals surface area contributed by atoms with Crippen LogP contribution < -0.4 is 10.6 Å². The molecule has 0 bridgehead atoms. The first kappa shape index (κ1) is 18.3. The number of nitrogens with one attached hydrogen (secondary N) is 2. The third-order valence-corrected chi connectivity index (χ3v) is 5.59. The maximum atomic E-state index is 12.7. The van der Waals surface area contributed by atoms with Crippen LogP contribution in [0.4, 0.5) is 0 Å². The zero-order valence-electron chi connectivity index (χ0n) is 14.9. The third kappa shape index (κ3) is 5.78. The van der Waals surface area contributed by atoms with Crippen molar-refractivity contribution in [2.75, 3.05) is 0 Å². The van der Waals surface area contributed by atoms with E-state index in [-0.39, 0.29) is 5.78 Å². The van der Waals surface area contributed by atoms with Crippen molar-refractivity contribution in [3.63, 3.8) is 0 Å².